The largest absolute Gasteiger partial charge is 0.396 e. The number of fused-ring (bicyclic) bond motifs is 1. The van der Waals surface area contributed by atoms with Crippen LogP contribution in [0.15, 0.2) is 102 Å². The van der Waals surface area contributed by atoms with Gasteiger partial charge in [-0.2, -0.15) is 0 Å². The van der Waals surface area contributed by atoms with Crippen LogP contribution in [0.25, 0.3) is 0 Å². The van der Waals surface area contributed by atoms with E-state index in [2.05, 4.69) is 10.3 Å². The SMILES string of the molecule is [3H]C([3H])([3H])N1C(=O)[C@@H](NC(=O)[C@H](c2ccc(F)cc2)[C@@H](CO)c2ccc(F)c(F)c2)N=C(c2ccccc2)c2ccccc21. The summed E-state index contributed by atoms with van der Waals surface area (Å²) in [5.41, 5.74) is 1.44. The second kappa shape index (κ2) is 11.8. The van der Waals surface area contributed by atoms with Crippen LogP contribution in [0.2, 0.25) is 0 Å². The van der Waals surface area contributed by atoms with E-state index < -0.39 is 60.9 Å². The highest BCUT2D eigenvalue weighted by molar-refractivity contribution is 6.20. The number of hydrogen-bond acceptors (Lipinski definition) is 4. The van der Waals surface area contributed by atoms with E-state index in [0.29, 0.717) is 16.0 Å². The monoisotopic (exact) mass is 563 g/mol. The quantitative estimate of drug-likeness (QED) is 0.335. The van der Waals surface area contributed by atoms with Crippen LogP contribution in [0.5, 0.6) is 0 Å². The van der Waals surface area contributed by atoms with E-state index in [-0.39, 0.29) is 22.5 Å². The molecule has 9 heteroatoms. The number of anilines is 1. The predicted octanol–water partition coefficient (Wildman–Crippen LogP) is 4.92. The first-order valence-corrected chi connectivity index (χ1v) is 12.7. The fourth-order valence-electron chi connectivity index (χ4n) is 4.89. The number of hydrogen-bond donors (Lipinski definition) is 2. The van der Waals surface area contributed by atoms with Gasteiger partial charge in [-0.15, -0.1) is 0 Å². The fourth-order valence-corrected chi connectivity index (χ4v) is 4.89. The minimum atomic E-state index is -2.96. The number of nitrogens with one attached hydrogen (secondary N) is 1. The molecule has 2 amide bonds. The lowest BCUT2D eigenvalue weighted by Crippen LogP contribution is -2.48. The number of nitrogens with zero attached hydrogens (tertiary/aromatic N) is 2. The molecule has 1 aliphatic rings. The van der Waals surface area contributed by atoms with Crippen LogP contribution >= 0.6 is 0 Å². The van der Waals surface area contributed by atoms with Crippen molar-refractivity contribution in [3.63, 3.8) is 0 Å². The molecule has 0 saturated heterocycles. The van der Waals surface area contributed by atoms with Gasteiger partial charge in [-0.1, -0.05) is 66.7 Å². The summed E-state index contributed by atoms with van der Waals surface area (Å²) in [6.07, 6.45) is -1.75. The summed E-state index contributed by atoms with van der Waals surface area (Å²) in [6, 6.07) is 22.7. The Bertz CT molecular complexity index is 1720. The Balaban J connectivity index is 1.63. The number of benzene rings is 4. The molecule has 0 bridgehead atoms. The number of para-hydroxylation sites is 1. The Morgan fingerprint density at radius 3 is 2.32 bits per heavy atom. The molecule has 41 heavy (non-hydrogen) atoms. The lowest BCUT2D eigenvalue weighted by molar-refractivity contribution is -0.128. The highest BCUT2D eigenvalue weighted by atomic mass is 19.2. The molecule has 0 spiro atoms. The Morgan fingerprint density at radius 1 is 0.951 bits per heavy atom. The molecule has 4 aromatic rings. The van der Waals surface area contributed by atoms with Crippen LogP contribution in [-0.2, 0) is 9.59 Å². The molecule has 0 aromatic heterocycles. The van der Waals surface area contributed by atoms with Crippen molar-refractivity contribution < 1.29 is 32.0 Å². The van der Waals surface area contributed by atoms with Gasteiger partial charge >= 0.3 is 0 Å². The number of rotatable bonds is 7. The van der Waals surface area contributed by atoms with Crippen molar-refractivity contribution in [1.82, 2.24) is 5.32 Å². The highest BCUT2D eigenvalue weighted by Gasteiger charge is 2.36. The zero-order valence-electron chi connectivity index (χ0n) is 24.5. The van der Waals surface area contributed by atoms with Crippen molar-refractivity contribution in [2.45, 2.75) is 18.0 Å². The smallest absolute Gasteiger partial charge is 0.272 e. The van der Waals surface area contributed by atoms with E-state index in [1.165, 1.54) is 24.3 Å². The maximum atomic E-state index is 14.2. The molecule has 6 nitrogen and oxygen atoms in total. The van der Waals surface area contributed by atoms with Crippen LogP contribution in [0, 0.1) is 17.5 Å². The third-order valence-corrected chi connectivity index (χ3v) is 6.92. The van der Waals surface area contributed by atoms with Gasteiger partial charge in [0, 0.05) is 28.1 Å². The molecule has 1 heterocycles. The molecular weight excluding hydrogens is 531 g/mol. The predicted molar refractivity (Wildman–Crippen MR) is 149 cm³/mol. The Hall–Kier alpha value is -4.76. The summed E-state index contributed by atoms with van der Waals surface area (Å²) in [6.45, 7) is -3.68. The topological polar surface area (TPSA) is 82.0 Å². The molecule has 3 atom stereocenters. The third kappa shape index (κ3) is 5.62. The Morgan fingerprint density at radius 2 is 1.63 bits per heavy atom. The summed E-state index contributed by atoms with van der Waals surface area (Å²) >= 11 is 0. The van der Waals surface area contributed by atoms with Crippen molar-refractivity contribution >= 4 is 23.2 Å². The van der Waals surface area contributed by atoms with Crippen LogP contribution in [0.1, 0.15) is 38.2 Å². The lowest BCUT2D eigenvalue weighted by Gasteiger charge is -2.28. The molecule has 5 rings (SSSR count). The summed E-state index contributed by atoms with van der Waals surface area (Å²) in [4.78, 5) is 33.2. The molecule has 208 valence electrons. The number of aliphatic hydroxyl groups is 1. The van der Waals surface area contributed by atoms with Gasteiger partial charge in [0.1, 0.15) is 5.82 Å². The molecule has 2 N–H and O–H groups in total. The maximum Gasteiger partial charge on any atom is 0.272 e. The number of amides is 2. The van der Waals surface area contributed by atoms with Crippen molar-refractivity contribution in [1.29, 1.82) is 0 Å². The van der Waals surface area contributed by atoms with Gasteiger partial charge in [-0.05, 0) is 41.5 Å². The van der Waals surface area contributed by atoms with E-state index in [0.717, 1.165) is 24.3 Å². The van der Waals surface area contributed by atoms with Crippen LogP contribution < -0.4 is 10.2 Å². The molecular formula is C32H26F3N3O3. The molecule has 4 aromatic carbocycles. The van der Waals surface area contributed by atoms with E-state index in [9.17, 15) is 27.9 Å². The normalized spacial score (nSPS) is 17.7. The summed E-state index contributed by atoms with van der Waals surface area (Å²) < 4.78 is 66.3. The zero-order valence-corrected chi connectivity index (χ0v) is 21.5. The average molecular weight is 564 g/mol. The first kappa shape index (κ1) is 24.1. The second-order valence-corrected chi connectivity index (χ2v) is 9.44. The van der Waals surface area contributed by atoms with Gasteiger partial charge in [-0.3, -0.25) is 9.59 Å². The van der Waals surface area contributed by atoms with Gasteiger partial charge in [0.2, 0.25) is 12.1 Å². The first-order chi connectivity index (χ1) is 21.0. The van der Waals surface area contributed by atoms with Gasteiger partial charge in [0.25, 0.3) is 5.91 Å². The third-order valence-electron chi connectivity index (χ3n) is 6.92. The van der Waals surface area contributed by atoms with Crippen molar-refractivity contribution in [2.24, 2.45) is 4.99 Å². The number of carbonyl (C=O) groups is 2. The minimum absolute atomic E-state index is 0.0574. The fraction of sp³-hybridized carbons (Fsp3) is 0.156. The Labute approximate surface area is 239 Å². The molecule has 0 unspecified atom stereocenters. The standard InChI is InChI=1S/C32H26F3N3O3/c1-38-27-10-6-5-9-23(27)29(20-7-3-2-4-8-20)36-30(32(38)41)37-31(40)28(19-11-14-22(33)15-12-19)24(18-39)21-13-16-25(34)26(35)17-21/h2-17,24,28,30,39H,18H2,1H3,(H,37,40)/t24-,28+,30+/m0/s1/i1T3. The van der Waals surface area contributed by atoms with Gasteiger partial charge in [-0.25, -0.2) is 18.2 Å². The second-order valence-electron chi connectivity index (χ2n) is 9.44. The maximum absolute atomic E-state index is 14.2. The van der Waals surface area contributed by atoms with Gasteiger partial charge in [0.15, 0.2) is 11.6 Å². The van der Waals surface area contributed by atoms with Gasteiger partial charge < -0.3 is 15.3 Å². The van der Waals surface area contributed by atoms with Crippen LogP contribution in [0.3, 0.4) is 0 Å². The van der Waals surface area contributed by atoms with Crippen molar-refractivity contribution in [3.8, 4) is 0 Å². The van der Waals surface area contributed by atoms with Crippen molar-refractivity contribution in [3.05, 3.63) is 137 Å². The minimum Gasteiger partial charge on any atom is -0.396 e. The first-order valence-electron chi connectivity index (χ1n) is 14.2. The van der Waals surface area contributed by atoms with Crippen LogP contribution in [-0.4, -0.2) is 42.4 Å². The van der Waals surface area contributed by atoms with E-state index in [4.69, 9.17) is 4.11 Å². The molecule has 0 fully saturated rings. The summed E-state index contributed by atoms with van der Waals surface area (Å²) in [7, 11) is 0. The summed E-state index contributed by atoms with van der Waals surface area (Å²) in [5, 5.41) is 12.9. The molecule has 1 aliphatic heterocycles. The summed E-state index contributed by atoms with van der Waals surface area (Å²) in [5.74, 6) is -7.44. The number of aliphatic hydroxyl groups excluding tert-OH is 1. The molecule has 0 saturated carbocycles. The zero-order chi connectivity index (χ0) is 31.6. The number of aliphatic imine (C=N–C) groups is 1. The van der Waals surface area contributed by atoms with Crippen LogP contribution in [0.4, 0.5) is 18.9 Å². The van der Waals surface area contributed by atoms with Crippen molar-refractivity contribution in [2.75, 3.05) is 18.5 Å². The van der Waals surface area contributed by atoms with Gasteiger partial charge in [0.05, 0.1) is 23.9 Å². The number of halogens is 3. The number of carbonyl (C=O) groups excluding carboxylic acids is 2. The highest BCUT2D eigenvalue weighted by Crippen LogP contribution is 2.35. The Kier molecular flexibility index (Phi) is 6.91. The lowest BCUT2D eigenvalue weighted by atomic mass is 9.81. The number of likely N-dealkylation sites (N-methyl/N-ethyl adjacent to an activating group) is 1. The average Bonchev–Trinajstić information content (AvgIpc) is 3.12. The van der Waals surface area contributed by atoms with E-state index in [1.54, 1.807) is 48.5 Å². The number of benzodiazepines with no additional fused rings is 1. The molecule has 0 aliphatic carbocycles. The van der Waals surface area contributed by atoms with E-state index in [1.807, 2.05) is 0 Å². The molecule has 0 radical (unpaired) electrons. The van der Waals surface area contributed by atoms with E-state index >= 15 is 0 Å².